The summed E-state index contributed by atoms with van der Waals surface area (Å²) in [6.07, 6.45) is 6.93. The normalized spacial score (nSPS) is 21.2. The molecule has 1 heterocycles. The van der Waals surface area contributed by atoms with Gasteiger partial charge in [0.15, 0.2) is 15.8 Å². The summed E-state index contributed by atoms with van der Waals surface area (Å²) in [6.45, 7) is 2.20. The van der Waals surface area contributed by atoms with Crippen LogP contribution in [-0.2, 0) is 9.84 Å². The van der Waals surface area contributed by atoms with Gasteiger partial charge >= 0.3 is 0 Å². The van der Waals surface area contributed by atoms with Gasteiger partial charge in [0.1, 0.15) is 0 Å². The van der Waals surface area contributed by atoms with Gasteiger partial charge in [0.25, 0.3) is 0 Å². The summed E-state index contributed by atoms with van der Waals surface area (Å²) >= 11 is 0. The van der Waals surface area contributed by atoms with Gasteiger partial charge in [-0.2, -0.15) is 0 Å². The van der Waals surface area contributed by atoms with Crippen LogP contribution in [0.2, 0.25) is 0 Å². The molecule has 2 rings (SSSR count). The number of rotatable bonds is 5. The van der Waals surface area contributed by atoms with Gasteiger partial charge in [-0.1, -0.05) is 12.8 Å². The van der Waals surface area contributed by atoms with Crippen LogP contribution in [0.1, 0.15) is 38.5 Å². The van der Waals surface area contributed by atoms with Crippen LogP contribution < -0.4 is 5.73 Å². The molecular weight excluding hydrogens is 389 g/mol. The summed E-state index contributed by atoms with van der Waals surface area (Å²) < 4.78 is 23.5. The minimum absolute atomic E-state index is 0. The van der Waals surface area contributed by atoms with Crippen LogP contribution in [0.25, 0.3) is 0 Å². The molecule has 0 radical (unpaired) electrons. The Balaban J connectivity index is 0.00000200. The first-order chi connectivity index (χ1) is 9.07. The summed E-state index contributed by atoms with van der Waals surface area (Å²) in [5.41, 5.74) is 5.94. The van der Waals surface area contributed by atoms with Crippen molar-refractivity contribution in [1.29, 1.82) is 0 Å². The average Bonchev–Trinajstić information content (AvgIpc) is 3.14. The number of likely N-dealkylation sites (tertiary alicyclic amines) is 1. The van der Waals surface area contributed by atoms with Crippen molar-refractivity contribution in [3.05, 3.63) is 0 Å². The topological polar surface area (TPSA) is 75.8 Å². The predicted octanol–water partition coefficient (Wildman–Crippen LogP) is 1.62. The number of sulfone groups is 1. The van der Waals surface area contributed by atoms with Crippen LogP contribution in [-0.4, -0.2) is 50.4 Å². The molecule has 2 N–H and O–H groups in total. The maximum Gasteiger partial charge on any atom is 0.191 e. The first-order valence-electron chi connectivity index (χ1n) is 7.32. The molecule has 0 amide bonds. The van der Waals surface area contributed by atoms with E-state index >= 15 is 0 Å². The van der Waals surface area contributed by atoms with Crippen LogP contribution in [0.4, 0.5) is 0 Å². The van der Waals surface area contributed by atoms with Crippen LogP contribution in [0.3, 0.4) is 0 Å². The number of nitrogens with zero attached hydrogens (tertiary/aromatic N) is 2. The molecule has 0 atom stereocenters. The van der Waals surface area contributed by atoms with E-state index in [1.165, 1.54) is 12.8 Å². The quantitative estimate of drug-likeness (QED) is 0.421. The molecule has 118 valence electrons. The first kappa shape index (κ1) is 18.0. The van der Waals surface area contributed by atoms with E-state index in [0.717, 1.165) is 38.8 Å². The Hall–Kier alpha value is -0.0500. The molecule has 7 heteroatoms. The van der Waals surface area contributed by atoms with Crippen LogP contribution in [0.15, 0.2) is 4.99 Å². The first-order valence-corrected chi connectivity index (χ1v) is 9.14. The highest BCUT2D eigenvalue weighted by Gasteiger charge is 2.27. The molecule has 0 spiro atoms. The van der Waals surface area contributed by atoms with Gasteiger partial charge in [0, 0.05) is 13.1 Å². The zero-order valence-electron chi connectivity index (χ0n) is 12.0. The van der Waals surface area contributed by atoms with E-state index in [4.69, 9.17) is 5.73 Å². The summed E-state index contributed by atoms with van der Waals surface area (Å²) in [4.78, 5) is 6.33. The molecule has 2 aliphatic rings. The summed E-state index contributed by atoms with van der Waals surface area (Å²) in [5.74, 6) is 1.41. The van der Waals surface area contributed by atoms with Crippen molar-refractivity contribution in [2.75, 3.05) is 31.1 Å². The Morgan fingerprint density at radius 1 is 1.15 bits per heavy atom. The highest BCUT2D eigenvalue weighted by molar-refractivity contribution is 14.0. The van der Waals surface area contributed by atoms with Gasteiger partial charge in [-0.3, -0.25) is 4.99 Å². The second-order valence-corrected chi connectivity index (χ2v) is 7.93. The zero-order valence-corrected chi connectivity index (χ0v) is 15.1. The monoisotopic (exact) mass is 415 g/mol. The van der Waals surface area contributed by atoms with Crippen molar-refractivity contribution in [3.8, 4) is 0 Å². The smallest absolute Gasteiger partial charge is 0.191 e. The van der Waals surface area contributed by atoms with Crippen molar-refractivity contribution in [2.24, 2.45) is 16.6 Å². The second kappa shape index (κ2) is 8.41. The molecule has 0 unspecified atom stereocenters. The van der Waals surface area contributed by atoms with Crippen LogP contribution >= 0.6 is 24.0 Å². The number of aliphatic imine (C=N–C) groups is 1. The largest absolute Gasteiger partial charge is 0.370 e. The van der Waals surface area contributed by atoms with Gasteiger partial charge in [-0.25, -0.2) is 8.42 Å². The van der Waals surface area contributed by atoms with Crippen molar-refractivity contribution in [3.63, 3.8) is 0 Å². The Kier molecular flexibility index (Phi) is 7.57. The summed E-state index contributed by atoms with van der Waals surface area (Å²) in [5, 5.41) is 0. The molecule has 1 saturated carbocycles. The molecule has 0 aromatic carbocycles. The number of hydrogen-bond acceptors (Lipinski definition) is 3. The fraction of sp³-hybridized carbons (Fsp3) is 0.923. The third-order valence-electron chi connectivity index (χ3n) is 3.79. The van der Waals surface area contributed by atoms with Crippen molar-refractivity contribution in [1.82, 2.24) is 4.90 Å². The molecule has 2 fully saturated rings. The lowest BCUT2D eigenvalue weighted by Gasteiger charge is -2.21. The van der Waals surface area contributed by atoms with Gasteiger partial charge in [0.2, 0.25) is 0 Å². The van der Waals surface area contributed by atoms with Crippen LogP contribution in [0.5, 0.6) is 0 Å². The fourth-order valence-corrected chi connectivity index (χ4v) is 4.01. The predicted molar refractivity (Wildman–Crippen MR) is 93.3 cm³/mol. The third-order valence-corrected chi connectivity index (χ3v) is 5.58. The van der Waals surface area contributed by atoms with Crippen molar-refractivity contribution >= 4 is 39.8 Å². The lowest BCUT2D eigenvalue weighted by molar-refractivity contribution is 0.429. The minimum atomic E-state index is -2.93. The molecule has 0 bridgehead atoms. The van der Waals surface area contributed by atoms with E-state index in [2.05, 4.69) is 9.89 Å². The molecule has 0 aromatic heterocycles. The molecular formula is C13H26IN3O2S. The Bertz CT molecular complexity index is 413. The van der Waals surface area contributed by atoms with E-state index < -0.39 is 9.84 Å². The van der Waals surface area contributed by atoms with Crippen molar-refractivity contribution in [2.45, 2.75) is 38.5 Å². The van der Waals surface area contributed by atoms with Crippen molar-refractivity contribution < 1.29 is 8.42 Å². The number of hydrogen-bond donors (Lipinski definition) is 1. The zero-order chi connectivity index (χ0) is 13.7. The van der Waals surface area contributed by atoms with E-state index in [1.807, 2.05) is 0 Å². The molecule has 1 aliphatic carbocycles. The van der Waals surface area contributed by atoms with E-state index in [0.29, 0.717) is 24.2 Å². The van der Waals surface area contributed by atoms with Gasteiger partial charge in [-0.15, -0.1) is 24.0 Å². The minimum Gasteiger partial charge on any atom is -0.370 e. The Morgan fingerprint density at radius 2 is 1.75 bits per heavy atom. The molecule has 5 nitrogen and oxygen atoms in total. The van der Waals surface area contributed by atoms with E-state index in [9.17, 15) is 8.42 Å². The third kappa shape index (κ3) is 6.60. The standard InChI is InChI=1S/C13H25N3O2S.HI/c14-13(16-8-3-1-2-4-9-16)15-7-10-19(17,18)11-12-5-6-12;/h12H,1-11H2,(H2,14,15);1H. The number of nitrogens with two attached hydrogens (primary N) is 1. The second-order valence-electron chi connectivity index (χ2n) is 5.70. The SMILES string of the molecule is I.NC(=NCCS(=O)(=O)CC1CC1)N1CCCCCC1. The molecule has 1 aliphatic heterocycles. The average molecular weight is 415 g/mol. The lowest BCUT2D eigenvalue weighted by Crippen LogP contribution is -2.38. The number of halogens is 1. The van der Waals surface area contributed by atoms with E-state index in [1.54, 1.807) is 0 Å². The summed E-state index contributed by atoms with van der Waals surface area (Å²) in [6, 6.07) is 0. The van der Waals surface area contributed by atoms with E-state index in [-0.39, 0.29) is 29.7 Å². The summed E-state index contributed by atoms with van der Waals surface area (Å²) in [7, 11) is -2.93. The van der Waals surface area contributed by atoms with Gasteiger partial charge < -0.3 is 10.6 Å². The Labute approximate surface area is 139 Å². The Morgan fingerprint density at radius 3 is 2.30 bits per heavy atom. The van der Waals surface area contributed by atoms with Gasteiger partial charge in [-0.05, 0) is 31.6 Å². The number of guanidine groups is 1. The highest BCUT2D eigenvalue weighted by Crippen LogP contribution is 2.30. The highest BCUT2D eigenvalue weighted by atomic mass is 127. The molecule has 20 heavy (non-hydrogen) atoms. The molecule has 0 aromatic rings. The lowest BCUT2D eigenvalue weighted by atomic mass is 10.2. The maximum atomic E-state index is 11.8. The maximum absolute atomic E-state index is 11.8. The van der Waals surface area contributed by atoms with Crippen LogP contribution in [0, 0.1) is 5.92 Å². The fourth-order valence-electron chi connectivity index (χ4n) is 2.43. The molecule has 1 saturated heterocycles. The van der Waals surface area contributed by atoms with Gasteiger partial charge in [0.05, 0.1) is 18.1 Å².